The van der Waals surface area contributed by atoms with Crippen LogP contribution in [0, 0.1) is 11.3 Å². The molecule has 5 nitrogen and oxygen atoms in total. The van der Waals surface area contributed by atoms with Gasteiger partial charge in [-0.3, -0.25) is 4.79 Å². The lowest BCUT2D eigenvalue weighted by Gasteiger charge is -1.99. The summed E-state index contributed by atoms with van der Waals surface area (Å²) in [5.74, 6) is -0.246. The topological polar surface area (TPSA) is 70.7 Å². The lowest BCUT2D eigenvalue weighted by atomic mass is 10.2. The molecule has 0 aliphatic heterocycles. The van der Waals surface area contributed by atoms with E-state index in [1.165, 1.54) is 11.3 Å². The first-order valence-electron chi connectivity index (χ1n) is 5.97. The summed E-state index contributed by atoms with van der Waals surface area (Å²) in [5.41, 5.74) is 1.39. The van der Waals surface area contributed by atoms with Gasteiger partial charge in [-0.25, -0.2) is 4.98 Å². The minimum Gasteiger partial charge on any atom is -0.339 e. The van der Waals surface area contributed by atoms with Gasteiger partial charge < -0.3 is 9.88 Å². The van der Waals surface area contributed by atoms with Gasteiger partial charge in [0.1, 0.15) is 6.54 Å². The first-order valence-corrected chi connectivity index (χ1v) is 6.78. The summed E-state index contributed by atoms with van der Waals surface area (Å²) in [6.07, 6.45) is 3.86. The molecule has 1 N–H and O–H groups in total. The zero-order valence-electron chi connectivity index (χ0n) is 10.4. The quantitative estimate of drug-likeness (QED) is 0.749. The number of hydrogen-bond acceptors (Lipinski definition) is 4. The molecule has 20 heavy (non-hydrogen) atoms. The highest BCUT2D eigenvalue weighted by Crippen LogP contribution is 2.25. The number of nitrogens with one attached hydrogen (secondary N) is 1. The second-order valence-electron chi connectivity index (χ2n) is 4.11. The van der Waals surface area contributed by atoms with Crippen molar-refractivity contribution in [3.8, 4) is 11.2 Å². The molecule has 3 rings (SSSR count). The van der Waals surface area contributed by atoms with Crippen LogP contribution in [-0.4, -0.2) is 22.0 Å². The van der Waals surface area contributed by atoms with Crippen LogP contribution in [0.4, 0.5) is 0 Å². The van der Waals surface area contributed by atoms with E-state index < -0.39 is 0 Å². The largest absolute Gasteiger partial charge is 0.339 e. The monoisotopic (exact) mass is 282 g/mol. The molecule has 2 heterocycles. The third-order valence-corrected chi connectivity index (χ3v) is 3.82. The minimum absolute atomic E-state index is 0.00811. The number of amides is 1. The Morgan fingerprint density at radius 2 is 2.20 bits per heavy atom. The summed E-state index contributed by atoms with van der Waals surface area (Å²) in [6, 6.07) is 11.1. The lowest BCUT2D eigenvalue weighted by molar-refractivity contribution is 0.0958. The van der Waals surface area contributed by atoms with E-state index in [4.69, 9.17) is 5.26 Å². The van der Waals surface area contributed by atoms with Crippen molar-refractivity contribution in [3.63, 3.8) is 0 Å². The predicted octanol–water partition coefficient (Wildman–Crippen LogP) is 2.34. The summed E-state index contributed by atoms with van der Waals surface area (Å²) >= 11 is 1.52. The van der Waals surface area contributed by atoms with Gasteiger partial charge in [0.2, 0.25) is 0 Å². The highest BCUT2D eigenvalue weighted by Gasteiger charge is 2.09. The Morgan fingerprint density at radius 1 is 1.40 bits per heavy atom. The van der Waals surface area contributed by atoms with Gasteiger partial charge in [0.15, 0.2) is 5.13 Å². The van der Waals surface area contributed by atoms with Crippen molar-refractivity contribution < 1.29 is 4.79 Å². The average molecular weight is 282 g/mol. The van der Waals surface area contributed by atoms with Crippen molar-refractivity contribution in [2.75, 3.05) is 6.54 Å². The molecule has 0 saturated carbocycles. The number of aromatic nitrogens is 2. The van der Waals surface area contributed by atoms with Gasteiger partial charge in [0.05, 0.1) is 16.3 Å². The van der Waals surface area contributed by atoms with Crippen LogP contribution in [-0.2, 0) is 0 Å². The molecule has 0 atom stereocenters. The van der Waals surface area contributed by atoms with Crippen LogP contribution in [0.25, 0.3) is 15.3 Å². The molecule has 6 heteroatoms. The average Bonchev–Trinajstić information content (AvgIpc) is 3.11. The fraction of sp³-hybridized carbons (Fsp3) is 0.0714. The Bertz CT molecular complexity index is 798. The van der Waals surface area contributed by atoms with Gasteiger partial charge in [-0.15, -0.1) is 0 Å². The van der Waals surface area contributed by atoms with Crippen LogP contribution in [0.1, 0.15) is 10.4 Å². The molecule has 0 radical (unpaired) electrons. The van der Waals surface area contributed by atoms with E-state index in [-0.39, 0.29) is 12.5 Å². The highest BCUT2D eigenvalue weighted by atomic mass is 32.1. The van der Waals surface area contributed by atoms with Gasteiger partial charge in [0.25, 0.3) is 5.91 Å². The number of carbonyl (C=O) groups excluding carboxylic acids is 1. The van der Waals surface area contributed by atoms with E-state index in [1.807, 2.05) is 41.2 Å². The van der Waals surface area contributed by atoms with Crippen molar-refractivity contribution in [3.05, 3.63) is 48.3 Å². The Morgan fingerprint density at radius 3 is 2.95 bits per heavy atom. The van der Waals surface area contributed by atoms with Gasteiger partial charge >= 0.3 is 0 Å². The number of hydrogen-bond donors (Lipinski definition) is 1. The van der Waals surface area contributed by atoms with E-state index in [9.17, 15) is 4.79 Å². The van der Waals surface area contributed by atoms with E-state index in [0.717, 1.165) is 15.3 Å². The maximum absolute atomic E-state index is 11.8. The molecule has 98 valence electrons. The Hall–Kier alpha value is -2.65. The molecule has 0 aliphatic rings. The maximum Gasteiger partial charge on any atom is 0.252 e. The summed E-state index contributed by atoms with van der Waals surface area (Å²) in [5, 5.41) is 11.9. The summed E-state index contributed by atoms with van der Waals surface area (Å²) in [4.78, 5) is 16.3. The zero-order chi connectivity index (χ0) is 13.9. The molecule has 1 aromatic carbocycles. The molecular weight excluding hydrogens is 272 g/mol. The molecule has 3 aromatic rings. The van der Waals surface area contributed by atoms with Crippen molar-refractivity contribution in [2.45, 2.75) is 0 Å². The summed E-state index contributed by atoms with van der Waals surface area (Å²) < 4.78 is 2.87. The Labute approximate surface area is 119 Å². The Kier molecular flexibility index (Phi) is 3.19. The molecule has 0 spiro atoms. The van der Waals surface area contributed by atoms with Gasteiger partial charge in [0, 0.05) is 18.0 Å². The normalized spacial score (nSPS) is 10.3. The first kappa shape index (κ1) is 12.4. The SMILES string of the molecule is N#CCNC(=O)c1ccc2nc(-n3cccc3)sc2c1. The van der Waals surface area contributed by atoms with E-state index >= 15 is 0 Å². The molecule has 0 aliphatic carbocycles. The second kappa shape index (κ2) is 5.15. The van der Waals surface area contributed by atoms with Gasteiger partial charge in [-0.1, -0.05) is 11.3 Å². The lowest BCUT2D eigenvalue weighted by Crippen LogP contribution is -2.23. The standard InChI is InChI=1S/C14H10N4OS/c15-5-6-16-13(19)10-3-4-11-12(9-10)20-14(17-11)18-7-1-2-8-18/h1-4,7-9H,6H2,(H,16,19). The number of nitriles is 1. The number of fused-ring (bicyclic) bond motifs is 1. The molecule has 0 fully saturated rings. The van der Waals surface area contributed by atoms with E-state index in [0.29, 0.717) is 5.56 Å². The molecule has 0 saturated heterocycles. The zero-order valence-corrected chi connectivity index (χ0v) is 11.2. The van der Waals surface area contributed by atoms with Crippen molar-refractivity contribution in [2.24, 2.45) is 0 Å². The summed E-state index contributed by atoms with van der Waals surface area (Å²) in [6.45, 7) is 0.00811. The predicted molar refractivity (Wildman–Crippen MR) is 76.9 cm³/mol. The second-order valence-corrected chi connectivity index (χ2v) is 5.12. The maximum atomic E-state index is 11.8. The van der Waals surface area contributed by atoms with Crippen LogP contribution in [0.2, 0.25) is 0 Å². The number of rotatable bonds is 3. The van der Waals surface area contributed by atoms with Crippen LogP contribution in [0.15, 0.2) is 42.7 Å². The number of thiazole rings is 1. The Balaban J connectivity index is 1.96. The molecular formula is C14H10N4OS. The third kappa shape index (κ3) is 2.27. The minimum atomic E-state index is -0.246. The number of carbonyl (C=O) groups is 1. The van der Waals surface area contributed by atoms with Crippen molar-refractivity contribution in [1.82, 2.24) is 14.9 Å². The van der Waals surface area contributed by atoms with E-state index in [1.54, 1.807) is 12.1 Å². The molecule has 0 bridgehead atoms. The number of nitrogens with zero attached hydrogens (tertiary/aromatic N) is 3. The van der Waals surface area contributed by atoms with Gasteiger partial charge in [-0.2, -0.15) is 5.26 Å². The molecule has 0 unspecified atom stereocenters. The summed E-state index contributed by atoms with van der Waals surface area (Å²) in [7, 11) is 0. The molecule has 2 aromatic heterocycles. The fourth-order valence-electron chi connectivity index (χ4n) is 1.85. The first-order chi connectivity index (χ1) is 9.78. The van der Waals surface area contributed by atoms with Crippen LogP contribution in [0.3, 0.4) is 0 Å². The van der Waals surface area contributed by atoms with Crippen LogP contribution < -0.4 is 5.32 Å². The highest BCUT2D eigenvalue weighted by molar-refractivity contribution is 7.20. The smallest absolute Gasteiger partial charge is 0.252 e. The van der Waals surface area contributed by atoms with E-state index in [2.05, 4.69) is 10.3 Å². The van der Waals surface area contributed by atoms with Crippen molar-refractivity contribution in [1.29, 1.82) is 5.26 Å². The fourth-order valence-corrected chi connectivity index (χ4v) is 2.82. The van der Waals surface area contributed by atoms with Crippen LogP contribution >= 0.6 is 11.3 Å². The molecule has 1 amide bonds. The van der Waals surface area contributed by atoms with Gasteiger partial charge in [-0.05, 0) is 30.3 Å². The van der Waals surface area contributed by atoms with Crippen LogP contribution in [0.5, 0.6) is 0 Å². The van der Waals surface area contributed by atoms with Crippen molar-refractivity contribution >= 4 is 27.5 Å². The third-order valence-electron chi connectivity index (χ3n) is 2.79. The number of benzene rings is 1.